The third-order valence-corrected chi connectivity index (χ3v) is 9.94. The number of Topliss-reactive ketones (excluding diaryl/α,β-unsaturated/α-hetero) is 1. The van der Waals surface area contributed by atoms with Crippen molar-refractivity contribution in [3.63, 3.8) is 0 Å². The Balaban J connectivity index is 1.24. The van der Waals surface area contributed by atoms with E-state index >= 15 is 0 Å². The summed E-state index contributed by atoms with van der Waals surface area (Å²) in [6, 6.07) is 0. The van der Waals surface area contributed by atoms with Gasteiger partial charge in [-0.2, -0.15) is 0 Å². The molecular formula is C21H31BO3. The molecule has 8 rings (SSSR count). The van der Waals surface area contributed by atoms with Gasteiger partial charge >= 0.3 is 7.12 Å². The van der Waals surface area contributed by atoms with Crippen molar-refractivity contribution in [3.05, 3.63) is 0 Å². The molecule has 2 atom stereocenters. The van der Waals surface area contributed by atoms with Crippen LogP contribution in [0.4, 0.5) is 0 Å². The van der Waals surface area contributed by atoms with Gasteiger partial charge in [-0.1, -0.05) is 0 Å². The largest absolute Gasteiger partial charge is 0.464 e. The third-order valence-electron chi connectivity index (χ3n) is 9.94. The van der Waals surface area contributed by atoms with Gasteiger partial charge < -0.3 is 9.31 Å². The molecule has 7 saturated carbocycles. The van der Waals surface area contributed by atoms with Crippen molar-refractivity contribution < 1.29 is 14.1 Å². The van der Waals surface area contributed by atoms with Crippen LogP contribution in [0.2, 0.25) is 5.31 Å². The normalized spacial score (nSPS) is 56.7. The zero-order chi connectivity index (χ0) is 17.5. The van der Waals surface area contributed by atoms with E-state index in [1.54, 1.807) is 0 Å². The molecule has 1 saturated heterocycles. The van der Waals surface area contributed by atoms with E-state index in [9.17, 15) is 4.79 Å². The second-order valence-electron chi connectivity index (χ2n) is 11.8. The van der Waals surface area contributed by atoms with Gasteiger partial charge in [0.05, 0.1) is 11.2 Å². The lowest BCUT2D eigenvalue weighted by Crippen LogP contribution is -2.73. The molecule has 25 heavy (non-hydrogen) atoms. The van der Waals surface area contributed by atoms with E-state index in [2.05, 4.69) is 27.7 Å². The van der Waals surface area contributed by atoms with Crippen LogP contribution in [0.3, 0.4) is 0 Å². The lowest BCUT2D eigenvalue weighted by Gasteiger charge is -2.80. The fourth-order valence-corrected chi connectivity index (χ4v) is 8.17. The number of ketones is 1. The number of rotatable bonds is 2. The molecule has 2 unspecified atom stereocenters. The van der Waals surface area contributed by atoms with Crippen LogP contribution in [0.1, 0.15) is 79.1 Å². The first-order valence-corrected chi connectivity index (χ1v) is 10.5. The van der Waals surface area contributed by atoms with Crippen LogP contribution < -0.4 is 0 Å². The van der Waals surface area contributed by atoms with Crippen LogP contribution in [0, 0.1) is 28.6 Å². The Morgan fingerprint density at radius 2 is 1.36 bits per heavy atom. The van der Waals surface area contributed by atoms with Gasteiger partial charge in [-0.15, -0.1) is 0 Å². The summed E-state index contributed by atoms with van der Waals surface area (Å²) in [5.41, 5.74) is 0.580. The fourth-order valence-electron chi connectivity index (χ4n) is 8.17. The van der Waals surface area contributed by atoms with E-state index < -0.39 is 0 Å². The Morgan fingerprint density at radius 3 is 1.88 bits per heavy atom. The summed E-state index contributed by atoms with van der Waals surface area (Å²) in [5, 5.41) is 0.276. The highest BCUT2D eigenvalue weighted by molar-refractivity contribution is 6.51. The first-order chi connectivity index (χ1) is 11.6. The Morgan fingerprint density at radius 1 is 0.840 bits per heavy atom. The minimum Gasteiger partial charge on any atom is -0.403 e. The molecule has 0 amide bonds. The highest BCUT2D eigenvalue weighted by atomic mass is 16.7. The van der Waals surface area contributed by atoms with E-state index in [-0.39, 0.29) is 23.6 Å². The molecule has 3 nitrogen and oxygen atoms in total. The van der Waals surface area contributed by atoms with E-state index in [0.29, 0.717) is 28.4 Å². The molecule has 8 fully saturated rings. The lowest BCUT2D eigenvalue weighted by atomic mass is 9.17. The lowest BCUT2D eigenvalue weighted by molar-refractivity contribution is -0.248. The van der Waals surface area contributed by atoms with Crippen LogP contribution in [-0.4, -0.2) is 24.1 Å². The first-order valence-electron chi connectivity index (χ1n) is 10.5. The summed E-state index contributed by atoms with van der Waals surface area (Å²) >= 11 is 0. The van der Waals surface area contributed by atoms with Crippen molar-refractivity contribution in [1.29, 1.82) is 0 Å². The van der Waals surface area contributed by atoms with E-state index in [0.717, 1.165) is 5.92 Å². The van der Waals surface area contributed by atoms with Gasteiger partial charge in [0.25, 0.3) is 0 Å². The fraction of sp³-hybridized carbons (Fsp3) is 0.952. The average Bonchev–Trinajstić information content (AvgIpc) is 2.60. The molecule has 0 aromatic rings. The summed E-state index contributed by atoms with van der Waals surface area (Å²) < 4.78 is 12.8. The zero-order valence-corrected chi connectivity index (χ0v) is 16.2. The molecule has 8 aliphatic rings. The molecule has 0 N–H and O–H groups in total. The van der Waals surface area contributed by atoms with Crippen LogP contribution in [0.15, 0.2) is 0 Å². The van der Waals surface area contributed by atoms with E-state index in [4.69, 9.17) is 9.31 Å². The van der Waals surface area contributed by atoms with Gasteiger partial charge in [-0.3, -0.25) is 4.79 Å². The van der Waals surface area contributed by atoms with E-state index in [1.807, 2.05) is 0 Å². The number of carbonyl (C=O) groups excluding carboxylic acids is 1. The quantitative estimate of drug-likeness (QED) is 0.698. The Hall–Kier alpha value is -0.345. The maximum atomic E-state index is 12.5. The van der Waals surface area contributed by atoms with Crippen LogP contribution in [0.5, 0.6) is 0 Å². The SMILES string of the molecule is CC1(C)OB(C23CC(C45CC6CC(C4)C(=O)C(C6)C5)(C2)C3)OC1(C)C. The predicted octanol–water partition coefficient (Wildman–Crippen LogP) is 4.40. The molecule has 136 valence electrons. The average molecular weight is 342 g/mol. The van der Waals surface area contributed by atoms with Crippen LogP contribution >= 0.6 is 0 Å². The smallest absolute Gasteiger partial charge is 0.403 e. The predicted molar refractivity (Wildman–Crippen MR) is 96.1 cm³/mol. The highest BCUT2D eigenvalue weighted by Crippen LogP contribution is 2.89. The summed E-state index contributed by atoms with van der Waals surface area (Å²) in [7, 11) is -0.0186. The van der Waals surface area contributed by atoms with Crippen LogP contribution in [0.25, 0.3) is 0 Å². The molecule has 7 aliphatic carbocycles. The molecule has 0 radical (unpaired) electrons. The van der Waals surface area contributed by atoms with Gasteiger partial charge in [0.2, 0.25) is 0 Å². The van der Waals surface area contributed by atoms with Gasteiger partial charge in [0, 0.05) is 17.2 Å². The summed E-state index contributed by atoms with van der Waals surface area (Å²) in [4.78, 5) is 12.5. The van der Waals surface area contributed by atoms with Gasteiger partial charge in [-0.25, -0.2) is 0 Å². The molecule has 1 heterocycles. The van der Waals surface area contributed by atoms with Gasteiger partial charge in [0.15, 0.2) is 0 Å². The highest BCUT2D eigenvalue weighted by Gasteiger charge is 2.82. The minimum absolute atomic E-state index is 0.0186. The molecule has 1 aliphatic heterocycles. The summed E-state index contributed by atoms with van der Waals surface area (Å²) in [6.45, 7) is 8.66. The van der Waals surface area contributed by atoms with E-state index in [1.165, 1.54) is 51.4 Å². The Kier molecular flexibility index (Phi) is 2.55. The standard InChI is InChI=1S/C21H31BO3/c1-17(2)18(3,4)25-22(24-17)21-10-20(11-21,12-21)19-7-13-5-14(8-19)16(23)15(6-13)9-19/h13-15H,5-12H2,1-4H3. The maximum Gasteiger partial charge on any atom is 0.464 e. The second kappa shape index (κ2) is 4.06. The number of carbonyl (C=O) groups is 1. The van der Waals surface area contributed by atoms with Crippen molar-refractivity contribution in [2.75, 3.05) is 0 Å². The monoisotopic (exact) mass is 342 g/mol. The zero-order valence-electron chi connectivity index (χ0n) is 16.2. The third kappa shape index (κ3) is 1.62. The Labute approximate surface area is 151 Å². The summed E-state index contributed by atoms with van der Waals surface area (Å²) in [6.07, 6.45) is 10.1. The first kappa shape index (κ1) is 15.7. The minimum atomic E-state index is -0.215. The second-order valence-corrected chi connectivity index (χ2v) is 11.8. The molecule has 0 spiro atoms. The molecule has 0 aromatic carbocycles. The molecule has 4 heteroatoms. The van der Waals surface area contributed by atoms with Crippen molar-refractivity contribution in [1.82, 2.24) is 0 Å². The van der Waals surface area contributed by atoms with Gasteiger partial charge in [0.1, 0.15) is 5.78 Å². The number of hydrogen-bond donors (Lipinski definition) is 0. The Bertz CT molecular complexity index is 627. The summed E-state index contributed by atoms with van der Waals surface area (Å²) in [5.74, 6) is 2.29. The van der Waals surface area contributed by atoms with Gasteiger partial charge in [-0.05, 0) is 95.8 Å². The molecule has 0 aromatic heterocycles. The maximum absolute atomic E-state index is 12.5. The van der Waals surface area contributed by atoms with Crippen LogP contribution in [-0.2, 0) is 14.1 Å². The topological polar surface area (TPSA) is 35.5 Å². The van der Waals surface area contributed by atoms with Crippen molar-refractivity contribution in [2.24, 2.45) is 28.6 Å². The number of hydrogen-bond acceptors (Lipinski definition) is 3. The van der Waals surface area contributed by atoms with Crippen molar-refractivity contribution in [2.45, 2.75) is 95.6 Å². The van der Waals surface area contributed by atoms with Crippen molar-refractivity contribution in [3.8, 4) is 0 Å². The molecular weight excluding hydrogens is 311 g/mol. The molecule has 6 bridgehead atoms. The van der Waals surface area contributed by atoms with Crippen molar-refractivity contribution >= 4 is 12.9 Å².